The summed E-state index contributed by atoms with van der Waals surface area (Å²) in [5.41, 5.74) is 10.7. The van der Waals surface area contributed by atoms with E-state index in [2.05, 4.69) is 70.3 Å². The maximum absolute atomic E-state index is 11.3. The lowest BCUT2D eigenvalue weighted by atomic mass is 9.76. The summed E-state index contributed by atoms with van der Waals surface area (Å²) in [6, 6.07) is 9.33. The fourth-order valence-corrected chi connectivity index (χ4v) is 7.60. The quantitative estimate of drug-likeness (QED) is 0.233. The van der Waals surface area contributed by atoms with Gasteiger partial charge in [-0.05, 0) is 91.4 Å². The van der Waals surface area contributed by atoms with Gasteiger partial charge in [-0.25, -0.2) is 15.0 Å². The lowest BCUT2D eigenvalue weighted by Gasteiger charge is -2.44. The van der Waals surface area contributed by atoms with Crippen LogP contribution in [0.3, 0.4) is 0 Å². The highest BCUT2D eigenvalue weighted by molar-refractivity contribution is 5.86. The lowest BCUT2D eigenvalue weighted by molar-refractivity contribution is 0.0429. The third-order valence-corrected chi connectivity index (χ3v) is 10.7. The minimum atomic E-state index is -0.387. The highest BCUT2D eigenvalue weighted by Gasteiger charge is 2.44. The van der Waals surface area contributed by atoms with Crippen molar-refractivity contribution in [1.29, 1.82) is 0 Å². The zero-order chi connectivity index (χ0) is 29.2. The predicted molar refractivity (Wildman–Crippen MR) is 168 cm³/mol. The Morgan fingerprint density at radius 2 is 1.88 bits per heavy atom. The Morgan fingerprint density at radius 3 is 2.64 bits per heavy atom. The Kier molecular flexibility index (Phi) is 7.05. The third kappa shape index (κ3) is 5.32. The van der Waals surface area contributed by atoms with Crippen LogP contribution in [0.1, 0.15) is 83.6 Å². The van der Waals surface area contributed by atoms with Gasteiger partial charge in [0.2, 0.25) is 0 Å². The number of nitrogens with zero attached hydrogens (tertiary/aromatic N) is 5. The topological polar surface area (TPSA) is 109 Å². The summed E-state index contributed by atoms with van der Waals surface area (Å²) in [6.07, 6.45) is 11.7. The molecule has 7 rings (SSSR count). The first kappa shape index (κ1) is 27.8. The molecule has 0 saturated heterocycles. The van der Waals surface area contributed by atoms with E-state index >= 15 is 0 Å². The number of aliphatic hydroxyl groups excluding tert-OH is 1. The molecule has 3 aromatic heterocycles. The molecule has 42 heavy (non-hydrogen) atoms. The predicted octanol–water partition coefficient (Wildman–Crippen LogP) is 5.87. The first-order chi connectivity index (χ1) is 20.1. The molecule has 0 radical (unpaired) electrons. The molecular formula is C34H47N7O. The summed E-state index contributed by atoms with van der Waals surface area (Å²) in [5.74, 6) is 3.97. The van der Waals surface area contributed by atoms with Crippen molar-refractivity contribution >= 4 is 27.9 Å². The van der Waals surface area contributed by atoms with Crippen LogP contribution in [0.4, 0.5) is 5.82 Å². The number of imidazole rings is 1. The van der Waals surface area contributed by atoms with Crippen LogP contribution >= 0.6 is 0 Å². The molecule has 3 heterocycles. The molecule has 0 amide bonds. The first-order valence-electron chi connectivity index (χ1n) is 16.1. The van der Waals surface area contributed by atoms with Crippen LogP contribution in [-0.4, -0.2) is 59.7 Å². The van der Waals surface area contributed by atoms with Crippen LogP contribution in [0.25, 0.3) is 22.1 Å². The van der Waals surface area contributed by atoms with E-state index in [1.807, 2.05) is 12.3 Å². The second kappa shape index (κ2) is 10.6. The number of nitrogens with two attached hydrogens (primary N) is 1. The molecule has 3 fully saturated rings. The number of rotatable bonds is 9. The van der Waals surface area contributed by atoms with Crippen molar-refractivity contribution in [2.45, 2.75) is 96.2 Å². The Labute approximate surface area is 249 Å². The molecule has 0 bridgehead atoms. The van der Waals surface area contributed by atoms with Gasteiger partial charge in [0, 0.05) is 31.7 Å². The first-order valence-corrected chi connectivity index (χ1v) is 16.1. The van der Waals surface area contributed by atoms with Crippen LogP contribution < -0.4 is 5.73 Å². The molecule has 0 spiro atoms. The maximum Gasteiger partial charge on any atom is 0.145 e. The van der Waals surface area contributed by atoms with Crippen molar-refractivity contribution in [2.24, 2.45) is 23.7 Å². The fraction of sp³-hybridized carbons (Fsp3) is 0.618. The smallest absolute Gasteiger partial charge is 0.145 e. The lowest BCUT2D eigenvalue weighted by Crippen LogP contribution is -2.48. The molecule has 8 nitrogen and oxygen atoms in total. The minimum Gasteiger partial charge on any atom is -0.391 e. The van der Waals surface area contributed by atoms with Gasteiger partial charge in [-0.1, -0.05) is 33.8 Å². The molecule has 4 N–H and O–H groups in total. The second-order valence-corrected chi connectivity index (χ2v) is 14.7. The number of hydrogen-bond donors (Lipinski definition) is 3. The van der Waals surface area contributed by atoms with Crippen molar-refractivity contribution in [2.75, 3.05) is 18.8 Å². The number of aromatic nitrogens is 5. The van der Waals surface area contributed by atoms with E-state index in [-0.39, 0.29) is 23.5 Å². The number of benzene rings is 1. The van der Waals surface area contributed by atoms with E-state index in [1.54, 1.807) is 0 Å². The average molecular weight is 570 g/mol. The van der Waals surface area contributed by atoms with Crippen molar-refractivity contribution in [3.8, 4) is 0 Å². The molecule has 3 aliphatic carbocycles. The van der Waals surface area contributed by atoms with E-state index in [1.165, 1.54) is 50.5 Å². The zero-order valence-electron chi connectivity index (χ0n) is 25.6. The fourth-order valence-electron chi connectivity index (χ4n) is 7.60. The molecule has 8 heteroatoms. The number of fused-ring (bicyclic) bond motifs is 2. The van der Waals surface area contributed by atoms with E-state index in [4.69, 9.17) is 10.7 Å². The second-order valence-electron chi connectivity index (χ2n) is 14.7. The van der Waals surface area contributed by atoms with E-state index < -0.39 is 0 Å². The molecule has 224 valence electrons. The van der Waals surface area contributed by atoms with Gasteiger partial charge in [0.15, 0.2) is 0 Å². The standard InChI is InChI=1S/C34H47N7O/c1-20-23(15-29(31(20)42)41-12-11-26-32(35)36-19-37-33(26)41)18-40(17-21-5-6-21)25-13-22(14-25)7-10-30-38-27-9-8-24(34(2,3)4)16-28(27)39-30/h8-9,11-12,16,19-23,25,29,31,42H,5-7,10,13-15,17-18H2,1-4H3,(H,38,39)(H2,35,36,37)/t20-,22?,23-,25?,29-,31-/m1/s1. The summed E-state index contributed by atoms with van der Waals surface area (Å²) < 4.78 is 2.14. The highest BCUT2D eigenvalue weighted by atomic mass is 16.3. The molecular weight excluding hydrogens is 522 g/mol. The van der Waals surface area contributed by atoms with Crippen molar-refractivity contribution in [1.82, 2.24) is 29.4 Å². The molecule has 0 aliphatic heterocycles. The summed E-state index contributed by atoms with van der Waals surface area (Å²) in [5, 5.41) is 12.2. The third-order valence-electron chi connectivity index (χ3n) is 10.7. The highest BCUT2D eigenvalue weighted by Crippen LogP contribution is 2.44. The summed E-state index contributed by atoms with van der Waals surface area (Å²) in [4.78, 5) is 19.9. The van der Waals surface area contributed by atoms with Gasteiger partial charge in [-0.15, -0.1) is 0 Å². The largest absolute Gasteiger partial charge is 0.391 e. The van der Waals surface area contributed by atoms with Crippen LogP contribution in [-0.2, 0) is 11.8 Å². The van der Waals surface area contributed by atoms with Gasteiger partial charge in [0.25, 0.3) is 0 Å². The number of H-pyrrole nitrogens is 1. The van der Waals surface area contributed by atoms with Crippen LogP contribution in [0.5, 0.6) is 0 Å². The maximum atomic E-state index is 11.3. The van der Waals surface area contributed by atoms with Crippen molar-refractivity contribution in [3.63, 3.8) is 0 Å². The van der Waals surface area contributed by atoms with Gasteiger partial charge in [-0.2, -0.15) is 0 Å². The number of nitrogens with one attached hydrogen (secondary N) is 1. The molecule has 1 aromatic carbocycles. The summed E-state index contributed by atoms with van der Waals surface area (Å²) in [7, 11) is 0. The Balaban J connectivity index is 0.971. The van der Waals surface area contributed by atoms with Crippen molar-refractivity contribution in [3.05, 3.63) is 48.2 Å². The molecule has 3 aliphatic rings. The van der Waals surface area contributed by atoms with Gasteiger partial charge < -0.3 is 20.4 Å². The normalized spacial score (nSPS) is 28.2. The molecule has 3 saturated carbocycles. The SMILES string of the molecule is C[C@@H]1[C@@H](CN(CC2CC2)C2CC(CCc3nc4ccc(C(C)(C)C)cc4[nH]3)C2)C[C@@H](n2ccc3c(N)ncnc32)[C@@H]1O. The van der Waals surface area contributed by atoms with Crippen LogP contribution in [0.2, 0.25) is 0 Å². The van der Waals surface area contributed by atoms with Crippen LogP contribution in [0.15, 0.2) is 36.8 Å². The number of aromatic amines is 1. The van der Waals surface area contributed by atoms with Gasteiger partial charge >= 0.3 is 0 Å². The summed E-state index contributed by atoms with van der Waals surface area (Å²) in [6.45, 7) is 11.3. The molecule has 4 aromatic rings. The molecule has 0 unspecified atom stereocenters. The number of aryl methyl sites for hydroxylation is 1. The van der Waals surface area contributed by atoms with E-state index in [9.17, 15) is 5.11 Å². The van der Waals surface area contributed by atoms with Crippen LogP contribution in [0, 0.1) is 23.7 Å². The van der Waals surface area contributed by atoms with Gasteiger partial charge in [0.1, 0.15) is 23.6 Å². The zero-order valence-corrected chi connectivity index (χ0v) is 25.6. The monoisotopic (exact) mass is 569 g/mol. The van der Waals surface area contributed by atoms with Crippen molar-refractivity contribution < 1.29 is 5.11 Å². The summed E-state index contributed by atoms with van der Waals surface area (Å²) >= 11 is 0. The number of nitrogen functional groups attached to an aromatic ring is 1. The Morgan fingerprint density at radius 1 is 1.07 bits per heavy atom. The van der Waals surface area contributed by atoms with Gasteiger partial charge in [-0.3, -0.25) is 4.90 Å². The Hall–Kier alpha value is -2.97. The average Bonchev–Trinajstić information content (AvgIpc) is 3.37. The van der Waals surface area contributed by atoms with Gasteiger partial charge in [0.05, 0.1) is 28.6 Å². The number of aliphatic hydroxyl groups is 1. The molecule has 4 atom stereocenters. The minimum absolute atomic E-state index is 0.0250. The van der Waals surface area contributed by atoms with E-state index in [0.29, 0.717) is 17.8 Å². The number of anilines is 1. The van der Waals surface area contributed by atoms with E-state index in [0.717, 1.165) is 59.1 Å². The number of hydrogen-bond acceptors (Lipinski definition) is 6. The Bertz CT molecular complexity index is 1560.